The van der Waals surface area contributed by atoms with E-state index >= 15 is 0 Å². The van der Waals surface area contributed by atoms with Crippen LogP contribution >= 0.6 is 0 Å². The van der Waals surface area contributed by atoms with Gasteiger partial charge in [0.25, 0.3) is 0 Å². The molecule has 0 bridgehead atoms. The van der Waals surface area contributed by atoms with Crippen LogP contribution in [0.5, 0.6) is 0 Å². The number of unbranched alkanes of at least 4 members (excludes halogenated alkanes) is 16. The van der Waals surface area contributed by atoms with Crippen molar-refractivity contribution in [3.8, 4) is 0 Å². The third kappa shape index (κ3) is 19.5. The maximum absolute atomic E-state index is 13.6. The van der Waals surface area contributed by atoms with Crippen LogP contribution in [0.1, 0.15) is 183 Å². The molecule has 1 unspecified atom stereocenters. The van der Waals surface area contributed by atoms with Gasteiger partial charge in [0.05, 0.1) is 6.04 Å². The Morgan fingerprint density at radius 1 is 0.675 bits per heavy atom. The van der Waals surface area contributed by atoms with Crippen LogP contribution in [0.4, 0.5) is 0 Å². The van der Waals surface area contributed by atoms with E-state index in [2.05, 4.69) is 57.1 Å². The van der Waals surface area contributed by atoms with Gasteiger partial charge >= 0.3 is 0 Å². The van der Waals surface area contributed by atoms with Gasteiger partial charge in [-0.2, -0.15) is 0 Å². The highest BCUT2D eigenvalue weighted by Gasteiger charge is 2.34. The predicted molar refractivity (Wildman–Crippen MR) is 177 cm³/mol. The molecule has 2 N–H and O–H groups in total. The molecule has 4 heteroatoms. The van der Waals surface area contributed by atoms with Gasteiger partial charge in [-0.15, -0.1) is 0 Å². The molecule has 1 atom stereocenters. The Kier molecular flexibility index (Phi) is 22.4. The number of nitrogens with zero attached hydrogens (tertiary/aromatic N) is 1. The minimum Gasteiger partial charge on any atom is -0.350 e. The smallest absolute Gasteiger partial charge is 0.237 e. The monoisotopic (exact) mass is 564 g/mol. The number of hydrogen-bond donors (Lipinski definition) is 2. The lowest BCUT2D eigenvalue weighted by molar-refractivity contribution is -0.126. The van der Waals surface area contributed by atoms with Crippen molar-refractivity contribution >= 4 is 5.91 Å². The Balaban J connectivity index is 2.64. The van der Waals surface area contributed by atoms with Gasteiger partial charge < -0.3 is 15.5 Å². The van der Waals surface area contributed by atoms with Gasteiger partial charge in [0.2, 0.25) is 5.91 Å². The SMILES string of the molecule is CCCCCCCCCCCC(CCCCCCCCCCC)NC(C(=O)NC(C)(C)C)C1CCN(CC)CC1. The highest BCUT2D eigenvalue weighted by atomic mass is 16.2. The van der Waals surface area contributed by atoms with Crippen LogP contribution in [0, 0.1) is 5.92 Å². The van der Waals surface area contributed by atoms with Crippen molar-refractivity contribution in [1.82, 2.24) is 15.5 Å². The normalized spacial score (nSPS) is 16.1. The van der Waals surface area contributed by atoms with Gasteiger partial charge in [-0.25, -0.2) is 0 Å². The molecule has 238 valence electrons. The topological polar surface area (TPSA) is 44.4 Å². The molecule has 1 heterocycles. The van der Waals surface area contributed by atoms with Gasteiger partial charge in [0.15, 0.2) is 0 Å². The summed E-state index contributed by atoms with van der Waals surface area (Å²) in [4.78, 5) is 16.1. The Morgan fingerprint density at radius 2 is 1.07 bits per heavy atom. The van der Waals surface area contributed by atoms with Crippen LogP contribution in [0.25, 0.3) is 0 Å². The lowest BCUT2D eigenvalue weighted by Gasteiger charge is -2.38. The summed E-state index contributed by atoms with van der Waals surface area (Å²) < 4.78 is 0. The van der Waals surface area contributed by atoms with E-state index in [0.29, 0.717) is 12.0 Å². The maximum atomic E-state index is 13.6. The molecule has 1 aliphatic heterocycles. The standard InChI is InChI=1S/C36H73N3O/c1-7-10-12-14-16-18-20-22-24-26-33(27-25-23-21-19-17-15-13-11-8-2)37-34(35(40)38-36(4,5)6)32-28-30-39(9-3)31-29-32/h32-34,37H,7-31H2,1-6H3,(H,38,40). The average Bonchev–Trinajstić information content (AvgIpc) is 2.92. The Labute approximate surface area is 252 Å². The summed E-state index contributed by atoms with van der Waals surface area (Å²) in [5.41, 5.74) is -0.190. The van der Waals surface area contributed by atoms with Gasteiger partial charge in [-0.05, 0) is 72.0 Å². The molecule has 1 aliphatic rings. The Morgan fingerprint density at radius 3 is 1.45 bits per heavy atom. The number of carbonyl (C=O) groups is 1. The lowest BCUT2D eigenvalue weighted by atomic mass is 9.87. The molecule has 1 fully saturated rings. The third-order valence-electron chi connectivity index (χ3n) is 9.06. The fourth-order valence-electron chi connectivity index (χ4n) is 6.44. The number of rotatable bonds is 25. The lowest BCUT2D eigenvalue weighted by Crippen LogP contribution is -2.57. The van der Waals surface area contributed by atoms with E-state index in [1.54, 1.807) is 0 Å². The largest absolute Gasteiger partial charge is 0.350 e. The summed E-state index contributed by atoms with van der Waals surface area (Å²) >= 11 is 0. The van der Waals surface area contributed by atoms with Crippen molar-refractivity contribution in [3.05, 3.63) is 0 Å². The summed E-state index contributed by atoms with van der Waals surface area (Å²) in [5, 5.41) is 7.34. The van der Waals surface area contributed by atoms with Crippen LogP contribution in [-0.2, 0) is 4.79 Å². The van der Waals surface area contributed by atoms with Gasteiger partial charge in [-0.3, -0.25) is 4.79 Å². The molecular formula is C36H73N3O. The Hall–Kier alpha value is -0.610. The molecule has 1 saturated heterocycles. The zero-order chi connectivity index (χ0) is 29.5. The highest BCUT2D eigenvalue weighted by molar-refractivity contribution is 5.82. The predicted octanol–water partition coefficient (Wildman–Crippen LogP) is 9.80. The zero-order valence-corrected chi connectivity index (χ0v) is 28.3. The van der Waals surface area contributed by atoms with Crippen LogP contribution < -0.4 is 10.6 Å². The quantitative estimate of drug-likeness (QED) is 0.109. The number of carbonyl (C=O) groups excluding carboxylic acids is 1. The second-order valence-electron chi connectivity index (χ2n) is 14.1. The highest BCUT2D eigenvalue weighted by Crippen LogP contribution is 2.24. The number of likely N-dealkylation sites (tertiary alicyclic amines) is 1. The molecule has 1 rings (SSSR count). The van der Waals surface area contributed by atoms with E-state index in [-0.39, 0.29) is 17.5 Å². The number of nitrogens with one attached hydrogen (secondary N) is 2. The number of piperidine rings is 1. The van der Waals surface area contributed by atoms with E-state index in [1.807, 2.05) is 0 Å². The molecule has 40 heavy (non-hydrogen) atoms. The van der Waals surface area contributed by atoms with Crippen molar-refractivity contribution in [2.45, 2.75) is 200 Å². The fraction of sp³-hybridized carbons (Fsp3) is 0.972. The van der Waals surface area contributed by atoms with Crippen LogP contribution in [-0.4, -0.2) is 48.1 Å². The molecule has 0 radical (unpaired) electrons. The first-order chi connectivity index (χ1) is 19.3. The number of hydrogen-bond acceptors (Lipinski definition) is 3. The van der Waals surface area contributed by atoms with Gasteiger partial charge in [0.1, 0.15) is 0 Å². The van der Waals surface area contributed by atoms with E-state index in [0.717, 1.165) is 32.5 Å². The van der Waals surface area contributed by atoms with E-state index in [4.69, 9.17) is 0 Å². The van der Waals surface area contributed by atoms with Crippen molar-refractivity contribution < 1.29 is 4.79 Å². The second-order valence-corrected chi connectivity index (χ2v) is 14.1. The maximum Gasteiger partial charge on any atom is 0.237 e. The van der Waals surface area contributed by atoms with E-state index in [1.165, 1.54) is 128 Å². The van der Waals surface area contributed by atoms with E-state index in [9.17, 15) is 4.79 Å². The first-order valence-corrected chi connectivity index (χ1v) is 18.1. The molecule has 0 saturated carbocycles. The second kappa shape index (κ2) is 23.9. The van der Waals surface area contributed by atoms with Crippen LogP contribution in [0.2, 0.25) is 0 Å². The van der Waals surface area contributed by atoms with Crippen molar-refractivity contribution in [2.24, 2.45) is 5.92 Å². The van der Waals surface area contributed by atoms with Gasteiger partial charge in [-0.1, -0.05) is 136 Å². The van der Waals surface area contributed by atoms with Crippen LogP contribution in [0.3, 0.4) is 0 Å². The molecule has 1 amide bonds. The summed E-state index contributed by atoms with van der Waals surface area (Å²) in [6.07, 6.45) is 29.5. The molecule has 0 aromatic heterocycles. The molecule has 4 nitrogen and oxygen atoms in total. The summed E-state index contributed by atoms with van der Waals surface area (Å²) in [5.74, 6) is 0.672. The van der Waals surface area contributed by atoms with E-state index < -0.39 is 0 Å². The molecule has 0 aliphatic carbocycles. The summed E-state index contributed by atoms with van der Waals surface area (Å²) in [6, 6.07) is 0.411. The first-order valence-electron chi connectivity index (χ1n) is 18.1. The van der Waals surface area contributed by atoms with Gasteiger partial charge in [0, 0.05) is 11.6 Å². The van der Waals surface area contributed by atoms with Crippen molar-refractivity contribution in [3.63, 3.8) is 0 Å². The molecule has 0 aromatic rings. The summed E-state index contributed by atoms with van der Waals surface area (Å²) in [6.45, 7) is 16.6. The van der Waals surface area contributed by atoms with Crippen molar-refractivity contribution in [2.75, 3.05) is 19.6 Å². The number of amides is 1. The minimum absolute atomic E-state index is 0.0552. The third-order valence-corrected chi connectivity index (χ3v) is 9.06. The molecule has 0 aromatic carbocycles. The summed E-state index contributed by atoms with van der Waals surface area (Å²) in [7, 11) is 0. The first kappa shape index (κ1) is 37.4. The fourth-order valence-corrected chi connectivity index (χ4v) is 6.44. The molecular weight excluding hydrogens is 490 g/mol. The van der Waals surface area contributed by atoms with Crippen molar-refractivity contribution in [1.29, 1.82) is 0 Å². The van der Waals surface area contributed by atoms with Crippen LogP contribution in [0.15, 0.2) is 0 Å². The minimum atomic E-state index is -0.190. The average molecular weight is 564 g/mol. The molecule has 0 spiro atoms. The Bertz CT molecular complexity index is 557. The zero-order valence-electron chi connectivity index (χ0n) is 28.3.